The SMILES string of the molecule is COc1ccc(C(OCCN(CCO)C(=O)CCCCCNC(=O)CCCCCOC2OC(COC(C)=O)C(OC(C)=O)C(OC(C)=O)C2NC(C)=O)(c2ccccc2)c2ccc(OC)cc2)cc1. The fraction of sp³-hybridized carbons (Fsp3) is 0.529. The molecule has 3 amide bonds. The van der Waals surface area contributed by atoms with Gasteiger partial charge in [-0.2, -0.15) is 0 Å². The second-order valence-corrected chi connectivity index (χ2v) is 16.5. The molecule has 3 aromatic carbocycles. The largest absolute Gasteiger partial charge is 0.497 e. The van der Waals surface area contributed by atoms with E-state index in [4.69, 9.17) is 37.9 Å². The third kappa shape index (κ3) is 17.4. The van der Waals surface area contributed by atoms with E-state index in [-0.39, 0.29) is 64.2 Å². The van der Waals surface area contributed by atoms with Gasteiger partial charge in [-0.05, 0) is 66.6 Å². The predicted molar refractivity (Wildman–Crippen MR) is 252 cm³/mol. The second kappa shape index (κ2) is 29.1. The molecule has 0 saturated carbocycles. The first-order chi connectivity index (χ1) is 33.2. The molecule has 378 valence electrons. The van der Waals surface area contributed by atoms with Crippen molar-refractivity contribution in [3.8, 4) is 11.5 Å². The van der Waals surface area contributed by atoms with Crippen molar-refractivity contribution >= 4 is 35.6 Å². The summed E-state index contributed by atoms with van der Waals surface area (Å²) in [4.78, 5) is 75.6. The van der Waals surface area contributed by atoms with Crippen molar-refractivity contribution in [3.63, 3.8) is 0 Å². The van der Waals surface area contributed by atoms with Crippen LogP contribution in [0, 0.1) is 0 Å². The van der Waals surface area contributed by atoms with Gasteiger partial charge in [-0.15, -0.1) is 0 Å². The van der Waals surface area contributed by atoms with Crippen LogP contribution in [0.2, 0.25) is 0 Å². The van der Waals surface area contributed by atoms with Gasteiger partial charge in [0.15, 0.2) is 18.5 Å². The van der Waals surface area contributed by atoms with E-state index in [0.717, 1.165) is 23.6 Å². The number of hydrogen-bond acceptors (Lipinski definition) is 15. The summed E-state index contributed by atoms with van der Waals surface area (Å²) in [7, 11) is 3.23. The van der Waals surface area contributed by atoms with Gasteiger partial charge in [0.05, 0.1) is 27.4 Å². The number of amides is 3. The molecule has 0 spiro atoms. The van der Waals surface area contributed by atoms with Crippen LogP contribution in [0.4, 0.5) is 0 Å². The predicted octanol–water partition coefficient (Wildman–Crippen LogP) is 4.74. The van der Waals surface area contributed by atoms with Crippen molar-refractivity contribution in [1.29, 1.82) is 0 Å². The van der Waals surface area contributed by atoms with Crippen molar-refractivity contribution in [2.24, 2.45) is 0 Å². The molecule has 18 heteroatoms. The number of nitrogens with one attached hydrogen (secondary N) is 2. The summed E-state index contributed by atoms with van der Waals surface area (Å²) in [6, 6.07) is 24.2. The highest BCUT2D eigenvalue weighted by Crippen LogP contribution is 2.41. The van der Waals surface area contributed by atoms with Crippen LogP contribution in [0.5, 0.6) is 11.5 Å². The Labute approximate surface area is 404 Å². The first-order valence-corrected chi connectivity index (χ1v) is 23.4. The van der Waals surface area contributed by atoms with E-state index >= 15 is 0 Å². The third-order valence-electron chi connectivity index (χ3n) is 11.4. The number of unbranched alkanes of at least 4 members (excludes halogenated alkanes) is 4. The molecule has 4 rings (SSSR count). The lowest BCUT2D eigenvalue weighted by Gasteiger charge is -2.44. The number of hydrogen-bond donors (Lipinski definition) is 3. The van der Waals surface area contributed by atoms with Gasteiger partial charge in [0.1, 0.15) is 35.9 Å². The molecule has 69 heavy (non-hydrogen) atoms. The molecule has 1 fully saturated rings. The van der Waals surface area contributed by atoms with Crippen molar-refractivity contribution < 1.29 is 71.8 Å². The van der Waals surface area contributed by atoms with Gasteiger partial charge in [-0.3, -0.25) is 28.8 Å². The Hall–Kier alpha value is -6.08. The van der Waals surface area contributed by atoms with E-state index in [9.17, 15) is 33.9 Å². The van der Waals surface area contributed by atoms with E-state index < -0.39 is 60.1 Å². The zero-order valence-electron chi connectivity index (χ0n) is 40.6. The maximum Gasteiger partial charge on any atom is 0.303 e. The summed E-state index contributed by atoms with van der Waals surface area (Å²) in [5.74, 6) is -1.29. The molecule has 1 aliphatic heterocycles. The molecule has 3 aromatic rings. The summed E-state index contributed by atoms with van der Waals surface area (Å²) >= 11 is 0. The van der Waals surface area contributed by atoms with E-state index in [1.807, 2.05) is 78.9 Å². The second-order valence-electron chi connectivity index (χ2n) is 16.5. The molecule has 1 saturated heterocycles. The summed E-state index contributed by atoms with van der Waals surface area (Å²) in [6.45, 7) is 5.45. The lowest BCUT2D eigenvalue weighted by atomic mass is 9.80. The van der Waals surface area contributed by atoms with E-state index in [2.05, 4.69) is 10.6 Å². The topological polar surface area (TPSA) is 224 Å². The summed E-state index contributed by atoms with van der Waals surface area (Å²) in [5.41, 5.74) is 1.58. The minimum atomic E-state index is -1.21. The maximum atomic E-state index is 13.5. The average molecular weight is 964 g/mol. The van der Waals surface area contributed by atoms with Crippen molar-refractivity contribution in [1.82, 2.24) is 15.5 Å². The number of aliphatic hydroxyl groups is 1. The summed E-state index contributed by atoms with van der Waals surface area (Å²) in [6.07, 6.45) is -0.376. The number of nitrogens with zero attached hydrogens (tertiary/aromatic N) is 1. The number of carbonyl (C=O) groups is 6. The minimum Gasteiger partial charge on any atom is -0.497 e. The molecule has 0 aromatic heterocycles. The van der Waals surface area contributed by atoms with Gasteiger partial charge in [-0.1, -0.05) is 67.4 Å². The van der Waals surface area contributed by atoms with E-state index in [1.165, 1.54) is 20.8 Å². The zero-order valence-corrected chi connectivity index (χ0v) is 40.6. The Morgan fingerprint density at radius 3 is 1.81 bits per heavy atom. The molecule has 5 unspecified atom stereocenters. The Kier molecular flexibility index (Phi) is 23.4. The Morgan fingerprint density at radius 1 is 0.667 bits per heavy atom. The number of rotatable bonds is 29. The molecule has 5 atom stereocenters. The Morgan fingerprint density at radius 2 is 1.25 bits per heavy atom. The van der Waals surface area contributed by atoms with Gasteiger partial charge in [0.25, 0.3) is 0 Å². The number of carbonyl (C=O) groups excluding carboxylic acids is 6. The van der Waals surface area contributed by atoms with Crippen LogP contribution < -0.4 is 20.1 Å². The van der Waals surface area contributed by atoms with Gasteiger partial charge < -0.3 is 58.5 Å². The molecule has 0 aliphatic carbocycles. The van der Waals surface area contributed by atoms with E-state index in [1.54, 1.807) is 19.1 Å². The van der Waals surface area contributed by atoms with Crippen LogP contribution in [-0.4, -0.2) is 137 Å². The van der Waals surface area contributed by atoms with Gasteiger partial charge >= 0.3 is 17.9 Å². The minimum absolute atomic E-state index is 0.0993. The Bertz CT molecular complexity index is 2020. The highest BCUT2D eigenvalue weighted by molar-refractivity contribution is 5.76. The highest BCUT2D eigenvalue weighted by Gasteiger charge is 2.51. The van der Waals surface area contributed by atoms with Crippen molar-refractivity contribution in [2.45, 2.75) is 115 Å². The van der Waals surface area contributed by atoms with Gasteiger partial charge in [-0.25, -0.2) is 0 Å². The lowest BCUT2D eigenvalue weighted by Crippen LogP contribution is -2.66. The number of benzene rings is 3. The van der Waals surface area contributed by atoms with Crippen LogP contribution in [0.25, 0.3) is 0 Å². The molecular weight excluding hydrogens is 895 g/mol. The van der Waals surface area contributed by atoms with Gasteiger partial charge in [0, 0.05) is 66.8 Å². The average Bonchev–Trinajstić information content (AvgIpc) is 3.33. The first-order valence-electron chi connectivity index (χ1n) is 23.4. The van der Waals surface area contributed by atoms with Crippen molar-refractivity contribution in [3.05, 3.63) is 95.6 Å². The highest BCUT2D eigenvalue weighted by atomic mass is 16.7. The van der Waals surface area contributed by atoms with Crippen LogP contribution in [-0.2, 0) is 62.8 Å². The standard InChI is InChI=1S/C51H69N3O15/c1-35(56)53-47-49(68-38(4)59)48(67-37(3)58)44(34-65-36(2)57)69-50(47)64-32-15-9-12-18-45(60)52-28-14-8-13-19-46(61)54(29-31-55)30-33-66-51(39-16-10-7-11-17-39,40-20-24-42(62-5)25-21-40)41-22-26-43(63-6)27-23-41/h7,10-11,16-17,20-27,44,47-50,55H,8-9,12-15,18-19,28-34H2,1-6H3,(H,52,60)(H,53,56). The van der Waals surface area contributed by atoms with Crippen LogP contribution in [0.1, 0.15) is 95.8 Å². The number of methoxy groups -OCH3 is 2. The monoisotopic (exact) mass is 963 g/mol. The molecule has 18 nitrogen and oxygen atoms in total. The Balaban J connectivity index is 1.22. The molecule has 3 N–H and O–H groups in total. The quantitative estimate of drug-likeness (QED) is 0.0370. The number of ether oxygens (including phenoxy) is 8. The van der Waals surface area contributed by atoms with E-state index in [0.29, 0.717) is 56.6 Å². The van der Waals surface area contributed by atoms with Crippen LogP contribution in [0.15, 0.2) is 78.9 Å². The fourth-order valence-electron chi connectivity index (χ4n) is 8.11. The van der Waals surface area contributed by atoms with Crippen LogP contribution >= 0.6 is 0 Å². The molecule has 1 heterocycles. The lowest BCUT2D eigenvalue weighted by molar-refractivity contribution is -0.277. The molecule has 0 radical (unpaired) electrons. The normalized spacial score (nSPS) is 17.8. The zero-order chi connectivity index (χ0) is 50.2. The molecule has 1 aliphatic rings. The maximum absolute atomic E-state index is 13.5. The molecule has 0 bridgehead atoms. The van der Waals surface area contributed by atoms with Crippen LogP contribution in [0.3, 0.4) is 0 Å². The summed E-state index contributed by atoms with van der Waals surface area (Å²) in [5, 5.41) is 15.5. The third-order valence-corrected chi connectivity index (χ3v) is 11.4. The number of esters is 3. The fourth-order valence-corrected chi connectivity index (χ4v) is 8.11. The first kappa shape index (κ1) is 55.5. The smallest absolute Gasteiger partial charge is 0.303 e. The van der Waals surface area contributed by atoms with Crippen molar-refractivity contribution in [2.75, 3.05) is 60.3 Å². The molecular formula is C51H69N3O15. The number of aliphatic hydroxyl groups excluding tert-OH is 1. The summed E-state index contributed by atoms with van der Waals surface area (Å²) < 4.78 is 45.8. The van der Waals surface area contributed by atoms with Gasteiger partial charge in [0.2, 0.25) is 17.7 Å².